The summed E-state index contributed by atoms with van der Waals surface area (Å²) in [5.74, 6) is -9.60. The van der Waals surface area contributed by atoms with Crippen LogP contribution in [-0.4, -0.2) is 22.7 Å². The molecule has 0 fully saturated rings. The van der Waals surface area contributed by atoms with Crippen LogP contribution < -0.4 is 5.32 Å². The Hall–Kier alpha value is -2.68. The van der Waals surface area contributed by atoms with E-state index in [0.717, 1.165) is 0 Å². The van der Waals surface area contributed by atoms with Gasteiger partial charge >= 0.3 is 0 Å². The van der Waals surface area contributed by atoms with E-state index in [2.05, 4.69) is 0 Å². The summed E-state index contributed by atoms with van der Waals surface area (Å²) in [4.78, 5) is 12.0. The average Bonchev–Trinajstić information content (AvgIpc) is 2.48. The van der Waals surface area contributed by atoms with Crippen LogP contribution in [-0.2, 0) is 0 Å². The van der Waals surface area contributed by atoms with Crippen LogP contribution in [0.2, 0.25) is 0 Å². The molecule has 0 radical (unpaired) electrons. The molecule has 0 bridgehead atoms. The molecular formula is C15H10F5NO3. The maximum absolute atomic E-state index is 13.6. The van der Waals surface area contributed by atoms with E-state index in [1.807, 2.05) is 5.32 Å². The van der Waals surface area contributed by atoms with Crippen molar-refractivity contribution in [3.63, 3.8) is 0 Å². The predicted octanol–water partition coefficient (Wildman–Crippen LogP) is 2.55. The highest BCUT2D eigenvalue weighted by molar-refractivity contribution is 5.97. The topological polar surface area (TPSA) is 69.6 Å². The zero-order chi connectivity index (χ0) is 18.0. The van der Waals surface area contributed by atoms with E-state index in [-0.39, 0.29) is 5.56 Å². The molecule has 0 aliphatic heterocycles. The highest BCUT2D eigenvalue weighted by Crippen LogP contribution is 2.24. The predicted molar refractivity (Wildman–Crippen MR) is 71.6 cm³/mol. The Morgan fingerprint density at radius 1 is 1.00 bits per heavy atom. The molecule has 1 atom stereocenters. The second-order valence-corrected chi connectivity index (χ2v) is 4.79. The third-order valence-corrected chi connectivity index (χ3v) is 3.16. The van der Waals surface area contributed by atoms with Crippen molar-refractivity contribution >= 4 is 5.91 Å². The van der Waals surface area contributed by atoms with Crippen LogP contribution >= 0.6 is 0 Å². The lowest BCUT2D eigenvalue weighted by molar-refractivity contribution is 0.0908. The van der Waals surface area contributed by atoms with Gasteiger partial charge < -0.3 is 15.5 Å². The molecule has 2 aromatic carbocycles. The number of rotatable bonds is 4. The zero-order valence-electron chi connectivity index (χ0n) is 11.8. The first-order valence-electron chi connectivity index (χ1n) is 6.48. The summed E-state index contributed by atoms with van der Waals surface area (Å²) >= 11 is 0. The van der Waals surface area contributed by atoms with Crippen LogP contribution in [0.3, 0.4) is 0 Å². The maximum Gasteiger partial charge on any atom is 0.258 e. The number of carbonyl (C=O) groups excluding carboxylic acids is 1. The van der Waals surface area contributed by atoms with Gasteiger partial charge in [0.05, 0.1) is 12.6 Å². The van der Waals surface area contributed by atoms with E-state index >= 15 is 0 Å². The van der Waals surface area contributed by atoms with Gasteiger partial charge in [0, 0.05) is 12.1 Å². The lowest BCUT2D eigenvalue weighted by Crippen LogP contribution is -2.31. The Balaban J connectivity index is 2.33. The monoisotopic (exact) mass is 347 g/mol. The third-order valence-electron chi connectivity index (χ3n) is 3.16. The fourth-order valence-electron chi connectivity index (χ4n) is 2.03. The molecule has 0 saturated heterocycles. The van der Waals surface area contributed by atoms with E-state index in [1.165, 1.54) is 0 Å². The highest BCUT2D eigenvalue weighted by atomic mass is 19.2. The average molecular weight is 347 g/mol. The maximum atomic E-state index is 13.6. The summed E-state index contributed by atoms with van der Waals surface area (Å²) < 4.78 is 65.9. The minimum absolute atomic E-state index is 0.329. The lowest BCUT2D eigenvalue weighted by Gasteiger charge is -2.18. The van der Waals surface area contributed by atoms with Gasteiger partial charge in [-0.2, -0.15) is 0 Å². The first kappa shape index (κ1) is 17.7. The van der Waals surface area contributed by atoms with E-state index in [4.69, 9.17) is 0 Å². The van der Waals surface area contributed by atoms with Crippen molar-refractivity contribution in [2.75, 3.05) is 6.61 Å². The summed E-state index contributed by atoms with van der Waals surface area (Å²) in [7, 11) is 0. The van der Waals surface area contributed by atoms with Crippen LogP contribution in [0.1, 0.15) is 22.0 Å². The standard InChI is InChI=1S/C15H10F5NO3/c16-7-3-8(17)13(12(23)4-7)15(24)21-11(5-22)6-1-9(18)14(20)10(19)2-6/h1-4,11,22-23H,5H2,(H,21,24). The van der Waals surface area contributed by atoms with E-state index in [9.17, 15) is 37.0 Å². The quantitative estimate of drug-likeness (QED) is 0.588. The molecule has 1 amide bonds. The molecule has 24 heavy (non-hydrogen) atoms. The summed E-state index contributed by atoms with van der Waals surface area (Å²) in [5, 5.41) is 20.7. The molecule has 0 aliphatic carbocycles. The number of nitrogens with one attached hydrogen (secondary N) is 1. The molecule has 0 spiro atoms. The van der Waals surface area contributed by atoms with Gasteiger partial charge in [-0.3, -0.25) is 4.79 Å². The molecule has 4 nitrogen and oxygen atoms in total. The van der Waals surface area contributed by atoms with Crippen LogP contribution in [0.5, 0.6) is 5.75 Å². The number of carbonyl (C=O) groups is 1. The molecule has 0 aromatic heterocycles. The number of phenolic OH excluding ortho intramolecular Hbond substituents is 1. The van der Waals surface area contributed by atoms with Gasteiger partial charge in [0.25, 0.3) is 5.91 Å². The van der Waals surface area contributed by atoms with Crippen molar-refractivity contribution in [3.05, 3.63) is 64.5 Å². The number of phenols is 1. The first-order chi connectivity index (χ1) is 11.2. The number of amides is 1. The second kappa shape index (κ2) is 6.83. The SMILES string of the molecule is O=C(NC(CO)c1cc(F)c(F)c(F)c1)c1c(O)cc(F)cc1F. The number of benzene rings is 2. The fraction of sp³-hybridized carbons (Fsp3) is 0.133. The van der Waals surface area contributed by atoms with Crippen LogP contribution in [0, 0.1) is 29.1 Å². The van der Waals surface area contributed by atoms with Gasteiger partial charge in [0.15, 0.2) is 17.5 Å². The van der Waals surface area contributed by atoms with Gasteiger partial charge in [-0.05, 0) is 17.7 Å². The zero-order valence-corrected chi connectivity index (χ0v) is 11.8. The second-order valence-electron chi connectivity index (χ2n) is 4.79. The number of aliphatic hydroxyl groups is 1. The van der Waals surface area contributed by atoms with Crippen molar-refractivity contribution < 1.29 is 37.0 Å². The van der Waals surface area contributed by atoms with Crippen molar-refractivity contribution in [3.8, 4) is 5.75 Å². The minimum atomic E-state index is -1.73. The molecule has 3 N–H and O–H groups in total. The van der Waals surface area contributed by atoms with Crippen LogP contribution in [0.15, 0.2) is 24.3 Å². The van der Waals surface area contributed by atoms with Crippen molar-refractivity contribution in [2.24, 2.45) is 0 Å². The summed E-state index contributed by atoms with van der Waals surface area (Å²) in [5.41, 5.74) is -1.25. The lowest BCUT2D eigenvalue weighted by atomic mass is 10.1. The minimum Gasteiger partial charge on any atom is -0.507 e. The van der Waals surface area contributed by atoms with E-state index < -0.39 is 59.0 Å². The number of hydrogen-bond donors (Lipinski definition) is 3. The number of halogens is 5. The Morgan fingerprint density at radius 2 is 1.58 bits per heavy atom. The largest absolute Gasteiger partial charge is 0.507 e. The molecule has 0 aliphatic rings. The van der Waals surface area contributed by atoms with Gasteiger partial charge in [0.2, 0.25) is 0 Å². The Morgan fingerprint density at radius 3 is 2.08 bits per heavy atom. The molecular weight excluding hydrogens is 337 g/mol. The van der Waals surface area contributed by atoms with Crippen LogP contribution in [0.4, 0.5) is 22.0 Å². The van der Waals surface area contributed by atoms with Crippen molar-refractivity contribution in [1.82, 2.24) is 5.32 Å². The molecule has 0 heterocycles. The van der Waals surface area contributed by atoms with Gasteiger partial charge in [0.1, 0.15) is 22.9 Å². The van der Waals surface area contributed by atoms with Crippen LogP contribution in [0.25, 0.3) is 0 Å². The van der Waals surface area contributed by atoms with Gasteiger partial charge in [-0.1, -0.05) is 0 Å². The normalized spacial score (nSPS) is 12.1. The highest BCUT2D eigenvalue weighted by Gasteiger charge is 2.23. The van der Waals surface area contributed by atoms with Gasteiger partial charge in [-0.15, -0.1) is 0 Å². The first-order valence-corrected chi connectivity index (χ1v) is 6.48. The Kier molecular flexibility index (Phi) is 5.03. The summed E-state index contributed by atoms with van der Waals surface area (Å²) in [6.45, 7) is -0.861. The molecule has 9 heteroatoms. The van der Waals surface area contributed by atoms with Crippen molar-refractivity contribution in [2.45, 2.75) is 6.04 Å². The molecule has 2 aromatic rings. The molecule has 1 unspecified atom stereocenters. The summed E-state index contributed by atoms with van der Waals surface area (Å²) in [6, 6.07) is 0.495. The number of aromatic hydroxyl groups is 1. The van der Waals surface area contributed by atoms with E-state index in [1.54, 1.807) is 0 Å². The van der Waals surface area contributed by atoms with Gasteiger partial charge in [-0.25, -0.2) is 22.0 Å². The number of hydrogen-bond acceptors (Lipinski definition) is 3. The molecule has 2 rings (SSSR count). The smallest absolute Gasteiger partial charge is 0.258 e. The summed E-state index contributed by atoms with van der Waals surface area (Å²) in [6.07, 6.45) is 0. The Bertz CT molecular complexity index is 751. The molecule has 0 saturated carbocycles. The molecule has 128 valence electrons. The fourth-order valence-corrected chi connectivity index (χ4v) is 2.03. The third kappa shape index (κ3) is 3.46. The van der Waals surface area contributed by atoms with Crippen molar-refractivity contribution in [1.29, 1.82) is 0 Å². The number of aliphatic hydroxyl groups excluding tert-OH is 1. The Labute approximate surface area is 132 Å². The van der Waals surface area contributed by atoms with E-state index in [0.29, 0.717) is 24.3 Å².